The number of nitrogens with two attached hydrogens (primary N) is 1. The monoisotopic (exact) mass is 252 g/mol. The van der Waals surface area contributed by atoms with Gasteiger partial charge in [-0.25, -0.2) is 23.2 Å². The lowest BCUT2D eigenvalue weighted by Crippen LogP contribution is -2.13. The van der Waals surface area contributed by atoms with Crippen molar-refractivity contribution in [3.63, 3.8) is 0 Å². The van der Waals surface area contributed by atoms with Crippen LogP contribution in [0.4, 0.5) is 0 Å². The molecule has 0 aliphatic rings. The molecule has 0 fully saturated rings. The Morgan fingerprint density at radius 1 is 1.35 bits per heavy atom. The standard InChI is InChI=1S/C10H12N4O2S/c1-7-3-4-12-10(5-7)14-8(2)9(6-13-14)17(11,15)16/h3-6H,1-2H3,(H2,11,15,16). The molecule has 6 nitrogen and oxygen atoms in total. The predicted octanol–water partition coefficient (Wildman–Crippen LogP) is 0.532. The van der Waals surface area contributed by atoms with Gasteiger partial charge in [0.1, 0.15) is 4.90 Å². The van der Waals surface area contributed by atoms with Gasteiger partial charge in [0.05, 0.1) is 11.9 Å². The highest BCUT2D eigenvalue weighted by Crippen LogP contribution is 2.16. The topological polar surface area (TPSA) is 90.9 Å². The van der Waals surface area contributed by atoms with Crippen LogP contribution in [0.15, 0.2) is 29.4 Å². The molecule has 2 aromatic rings. The molecule has 0 spiro atoms. The van der Waals surface area contributed by atoms with Crippen molar-refractivity contribution in [1.82, 2.24) is 14.8 Å². The summed E-state index contributed by atoms with van der Waals surface area (Å²) in [7, 11) is -3.74. The molecule has 0 bridgehead atoms. The van der Waals surface area contributed by atoms with Crippen LogP contribution < -0.4 is 5.14 Å². The van der Waals surface area contributed by atoms with Gasteiger partial charge in [0.15, 0.2) is 5.82 Å². The molecule has 2 rings (SSSR count). The molecule has 2 N–H and O–H groups in total. The summed E-state index contributed by atoms with van der Waals surface area (Å²) < 4.78 is 24.0. The van der Waals surface area contributed by atoms with Crippen molar-refractivity contribution in [3.8, 4) is 5.82 Å². The first kappa shape index (κ1) is 11.7. The summed E-state index contributed by atoms with van der Waals surface area (Å²) in [6, 6.07) is 3.66. The zero-order valence-electron chi connectivity index (χ0n) is 9.45. The quantitative estimate of drug-likeness (QED) is 0.844. The lowest BCUT2D eigenvalue weighted by Gasteiger charge is -2.04. The van der Waals surface area contributed by atoms with Crippen LogP contribution in [0.25, 0.3) is 5.82 Å². The Bertz CT molecular complexity index is 661. The Kier molecular flexibility index (Phi) is 2.72. The number of aromatic nitrogens is 3. The van der Waals surface area contributed by atoms with Gasteiger partial charge in [-0.15, -0.1) is 0 Å². The van der Waals surface area contributed by atoms with Crippen LogP contribution in [-0.2, 0) is 10.0 Å². The van der Waals surface area contributed by atoms with Gasteiger partial charge in [-0.2, -0.15) is 5.10 Å². The third-order valence-electron chi connectivity index (χ3n) is 2.39. The van der Waals surface area contributed by atoms with Crippen molar-refractivity contribution in [2.45, 2.75) is 18.7 Å². The molecule has 90 valence electrons. The van der Waals surface area contributed by atoms with Gasteiger partial charge in [-0.05, 0) is 31.5 Å². The molecular weight excluding hydrogens is 240 g/mol. The summed E-state index contributed by atoms with van der Waals surface area (Å²) in [5.74, 6) is 0.567. The molecule has 2 heterocycles. The Morgan fingerprint density at radius 2 is 2.06 bits per heavy atom. The van der Waals surface area contributed by atoms with E-state index in [1.807, 2.05) is 19.1 Å². The molecule has 7 heteroatoms. The average molecular weight is 252 g/mol. The minimum absolute atomic E-state index is 0.0146. The number of primary sulfonamides is 1. The Balaban J connectivity index is 2.60. The molecule has 0 saturated heterocycles. The van der Waals surface area contributed by atoms with E-state index < -0.39 is 10.0 Å². The fourth-order valence-corrected chi connectivity index (χ4v) is 2.23. The summed E-state index contributed by atoms with van der Waals surface area (Å²) in [6.07, 6.45) is 2.87. The van der Waals surface area contributed by atoms with E-state index in [1.165, 1.54) is 10.9 Å². The van der Waals surface area contributed by atoms with E-state index in [9.17, 15) is 8.42 Å². The van der Waals surface area contributed by atoms with Crippen molar-refractivity contribution in [2.75, 3.05) is 0 Å². The summed E-state index contributed by atoms with van der Waals surface area (Å²) in [5.41, 5.74) is 1.47. The van der Waals surface area contributed by atoms with E-state index in [0.717, 1.165) is 5.56 Å². The summed E-state index contributed by atoms with van der Waals surface area (Å²) in [5, 5.41) is 9.07. The second-order valence-corrected chi connectivity index (χ2v) is 5.27. The molecule has 0 aliphatic heterocycles. The number of aryl methyl sites for hydroxylation is 1. The SMILES string of the molecule is Cc1ccnc(-n2ncc(S(N)(=O)=O)c2C)c1. The zero-order valence-corrected chi connectivity index (χ0v) is 10.3. The summed E-state index contributed by atoms with van der Waals surface area (Å²) >= 11 is 0. The van der Waals surface area contributed by atoms with Crippen molar-refractivity contribution in [1.29, 1.82) is 0 Å². The largest absolute Gasteiger partial charge is 0.241 e. The van der Waals surface area contributed by atoms with Gasteiger partial charge in [-0.1, -0.05) is 0 Å². The van der Waals surface area contributed by atoms with Crippen LogP contribution in [0.1, 0.15) is 11.3 Å². The van der Waals surface area contributed by atoms with E-state index in [-0.39, 0.29) is 4.90 Å². The Labute approximate surface area is 99.1 Å². The number of pyridine rings is 1. The highest BCUT2D eigenvalue weighted by Gasteiger charge is 2.17. The minimum Gasteiger partial charge on any atom is -0.237 e. The first-order chi connectivity index (χ1) is 7.89. The molecule has 0 radical (unpaired) electrons. The fraction of sp³-hybridized carbons (Fsp3) is 0.200. The number of sulfonamides is 1. The fourth-order valence-electron chi connectivity index (χ4n) is 1.54. The molecule has 0 amide bonds. The number of rotatable bonds is 2. The molecule has 0 aliphatic carbocycles. The third kappa shape index (κ3) is 2.20. The van der Waals surface area contributed by atoms with Crippen LogP contribution in [0.3, 0.4) is 0 Å². The molecule has 2 aromatic heterocycles. The van der Waals surface area contributed by atoms with Crippen LogP contribution in [0.5, 0.6) is 0 Å². The van der Waals surface area contributed by atoms with Crippen LogP contribution in [0.2, 0.25) is 0 Å². The second-order valence-electron chi connectivity index (χ2n) is 3.74. The molecule has 0 saturated carbocycles. The van der Waals surface area contributed by atoms with E-state index in [2.05, 4.69) is 10.1 Å². The maximum Gasteiger partial charge on any atom is 0.241 e. The van der Waals surface area contributed by atoms with E-state index in [4.69, 9.17) is 5.14 Å². The molecule has 0 atom stereocenters. The summed E-state index contributed by atoms with van der Waals surface area (Å²) in [4.78, 5) is 4.15. The molecular formula is C10H12N4O2S. The maximum atomic E-state index is 11.3. The molecule has 0 unspecified atom stereocenters. The van der Waals surface area contributed by atoms with Gasteiger partial charge in [-0.3, -0.25) is 0 Å². The normalized spacial score (nSPS) is 11.7. The van der Waals surface area contributed by atoms with Gasteiger partial charge < -0.3 is 0 Å². The minimum atomic E-state index is -3.74. The maximum absolute atomic E-state index is 11.3. The smallest absolute Gasteiger partial charge is 0.237 e. The van der Waals surface area contributed by atoms with Crippen LogP contribution in [0, 0.1) is 13.8 Å². The van der Waals surface area contributed by atoms with Gasteiger partial charge in [0, 0.05) is 6.20 Å². The number of hydrogen-bond acceptors (Lipinski definition) is 4. The first-order valence-corrected chi connectivity index (χ1v) is 6.44. The molecule has 17 heavy (non-hydrogen) atoms. The lowest BCUT2D eigenvalue weighted by atomic mass is 10.3. The zero-order chi connectivity index (χ0) is 12.6. The van der Waals surface area contributed by atoms with Crippen LogP contribution >= 0.6 is 0 Å². The van der Waals surface area contributed by atoms with E-state index in [0.29, 0.717) is 11.5 Å². The van der Waals surface area contributed by atoms with E-state index in [1.54, 1.807) is 13.1 Å². The highest BCUT2D eigenvalue weighted by molar-refractivity contribution is 7.89. The summed E-state index contributed by atoms with van der Waals surface area (Å²) in [6.45, 7) is 3.56. The Morgan fingerprint density at radius 3 is 2.59 bits per heavy atom. The second kappa shape index (κ2) is 3.94. The van der Waals surface area contributed by atoms with Gasteiger partial charge in [0.2, 0.25) is 10.0 Å². The highest BCUT2D eigenvalue weighted by atomic mass is 32.2. The van der Waals surface area contributed by atoms with Crippen molar-refractivity contribution in [3.05, 3.63) is 35.8 Å². The lowest BCUT2D eigenvalue weighted by molar-refractivity contribution is 0.597. The third-order valence-corrected chi connectivity index (χ3v) is 3.40. The predicted molar refractivity (Wildman–Crippen MR) is 62.2 cm³/mol. The van der Waals surface area contributed by atoms with Crippen molar-refractivity contribution in [2.24, 2.45) is 5.14 Å². The van der Waals surface area contributed by atoms with Gasteiger partial charge >= 0.3 is 0 Å². The van der Waals surface area contributed by atoms with E-state index >= 15 is 0 Å². The van der Waals surface area contributed by atoms with Crippen molar-refractivity contribution < 1.29 is 8.42 Å². The first-order valence-electron chi connectivity index (χ1n) is 4.90. The van der Waals surface area contributed by atoms with Crippen LogP contribution in [-0.4, -0.2) is 23.2 Å². The average Bonchev–Trinajstić information content (AvgIpc) is 2.59. The Hall–Kier alpha value is -1.73. The number of nitrogens with zero attached hydrogens (tertiary/aromatic N) is 3. The number of hydrogen-bond donors (Lipinski definition) is 1. The van der Waals surface area contributed by atoms with Gasteiger partial charge in [0.25, 0.3) is 0 Å². The van der Waals surface area contributed by atoms with Crippen molar-refractivity contribution >= 4 is 10.0 Å². The molecule has 0 aromatic carbocycles.